The Morgan fingerprint density at radius 1 is 1.53 bits per heavy atom. The molecule has 1 atom stereocenters. The van der Waals surface area contributed by atoms with Crippen LogP contribution < -0.4 is 5.32 Å². The Morgan fingerprint density at radius 3 is 2.88 bits per heavy atom. The second-order valence-electron chi connectivity index (χ2n) is 3.93. The third-order valence-corrected chi connectivity index (χ3v) is 4.35. The van der Waals surface area contributed by atoms with Gasteiger partial charge in [-0.3, -0.25) is 9.78 Å². The van der Waals surface area contributed by atoms with Crippen LogP contribution in [0.4, 0.5) is 4.39 Å². The zero-order valence-electron chi connectivity index (χ0n) is 8.89. The summed E-state index contributed by atoms with van der Waals surface area (Å²) < 4.78 is 35.6. The van der Waals surface area contributed by atoms with Gasteiger partial charge in [0, 0.05) is 12.2 Å². The summed E-state index contributed by atoms with van der Waals surface area (Å²) in [6, 6.07) is 0.828. The number of sulfone groups is 1. The Hall–Kier alpha value is -1.50. The highest BCUT2D eigenvalue weighted by atomic mass is 32.2. The van der Waals surface area contributed by atoms with E-state index in [-0.39, 0.29) is 17.1 Å². The second-order valence-corrected chi connectivity index (χ2v) is 6.16. The predicted octanol–water partition coefficient (Wildman–Crippen LogP) is 0.138. The van der Waals surface area contributed by atoms with E-state index in [1.54, 1.807) is 0 Å². The van der Waals surface area contributed by atoms with E-state index < -0.39 is 27.6 Å². The molecule has 2 heterocycles. The molecule has 1 aromatic heterocycles. The molecule has 1 N–H and O–H groups in total. The molecule has 2 rings (SSSR count). The molecule has 1 unspecified atom stereocenters. The first-order chi connectivity index (χ1) is 7.98. The quantitative estimate of drug-likeness (QED) is 0.818. The average Bonchev–Trinajstić information content (AvgIpc) is 2.58. The van der Waals surface area contributed by atoms with Gasteiger partial charge >= 0.3 is 0 Å². The summed E-state index contributed by atoms with van der Waals surface area (Å²) in [7, 11) is -3.05. The average molecular weight is 258 g/mol. The molecule has 7 heteroatoms. The van der Waals surface area contributed by atoms with Crippen molar-refractivity contribution in [3.05, 3.63) is 29.8 Å². The first-order valence-electron chi connectivity index (χ1n) is 5.09. The molecule has 1 aromatic rings. The topological polar surface area (TPSA) is 76.1 Å². The number of nitrogens with zero attached hydrogens (tertiary/aromatic N) is 1. The van der Waals surface area contributed by atoms with Gasteiger partial charge in [0.05, 0.1) is 23.3 Å². The van der Waals surface area contributed by atoms with Gasteiger partial charge in [0.1, 0.15) is 0 Å². The number of carbonyl (C=O) groups excluding carboxylic acids is 1. The highest BCUT2D eigenvalue weighted by molar-refractivity contribution is 7.91. The lowest BCUT2D eigenvalue weighted by atomic mass is 10.2. The molecule has 0 spiro atoms. The summed E-state index contributed by atoms with van der Waals surface area (Å²) in [5.41, 5.74) is -0.121. The van der Waals surface area contributed by atoms with Gasteiger partial charge in [0.15, 0.2) is 15.7 Å². The van der Waals surface area contributed by atoms with Crippen LogP contribution in [0.1, 0.15) is 16.8 Å². The highest BCUT2D eigenvalue weighted by Crippen LogP contribution is 2.12. The molecule has 1 aliphatic heterocycles. The van der Waals surface area contributed by atoms with E-state index in [0.29, 0.717) is 6.42 Å². The van der Waals surface area contributed by atoms with Crippen LogP contribution in [0.2, 0.25) is 0 Å². The van der Waals surface area contributed by atoms with Crippen molar-refractivity contribution in [2.24, 2.45) is 0 Å². The standard InChI is InChI=1S/C10H11FN2O3S/c11-9-5-12-3-1-8(9)10(14)13-7-2-4-17(15,16)6-7/h1,3,5,7H,2,4,6H2,(H,13,14). The lowest BCUT2D eigenvalue weighted by Gasteiger charge is -2.10. The summed E-state index contributed by atoms with van der Waals surface area (Å²) in [4.78, 5) is 15.2. The Balaban J connectivity index is 2.06. The van der Waals surface area contributed by atoms with Gasteiger partial charge in [-0.05, 0) is 12.5 Å². The summed E-state index contributed by atoms with van der Waals surface area (Å²) in [5, 5.41) is 2.51. The number of amides is 1. The Labute approximate surface area is 98.0 Å². The number of aromatic nitrogens is 1. The van der Waals surface area contributed by atoms with E-state index in [9.17, 15) is 17.6 Å². The van der Waals surface area contributed by atoms with Gasteiger partial charge in [0.2, 0.25) is 0 Å². The Morgan fingerprint density at radius 2 is 2.29 bits per heavy atom. The van der Waals surface area contributed by atoms with Gasteiger partial charge in [-0.2, -0.15) is 0 Å². The van der Waals surface area contributed by atoms with Crippen molar-refractivity contribution in [2.75, 3.05) is 11.5 Å². The molecular formula is C10H11FN2O3S. The largest absolute Gasteiger partial charge is 0.348 e. The molecule has 1 aliphatic rings. The lowest BCUT2D eigenvalue weighted by molar-refractivity contribution is 0.0937. The number of halogens is 1. The van der Waals surface area contributed by atoms with Crippen LogP contribution in [-0.2, 0) is 9.84 Å². The number of hydrogen-bond acceptors (Lipinski definition) is 4. The maximum Gasteiger partial charge on any atom is 0.254 e. The van der Waals surface area contributed by atoms with Crippen LogP contribution in [0.25, 0.3) is 0 Å². The first kappa shape index (κ1) is 12.0. The Bertz CT molecular complexity index is 544. The van der Waals surface area contributed by atoms with E-state index in [1.165, 1.54) is 12.3 Å². The maximum atomic E-state index is 13.2. The third kappa shape index (κ3) is 2.79. The van der Waals surface area contributed by atoms with Crippen LogP contribution in [0.5, 0.6) is 0 Å². The van der Waals surface area contributed by atoms with Crippen LogP contribution in [0, 0.1) is 5.82 Å². The van der Waals surface area contributed by atoms with Crippen molar-refractivity contribution < 1.29 is 17.6 Å². The predicted molar refractivity (Wildman–Crippen MR) is 58.7 cm³/mol. The fourth-order valence-corrected chi connectivity index (χ4v) is 3.40. The zero-order valence-corrected chi connectivity index (χ0v) is 9.71. The van der Waals surface area contributed by atoms with Crippen LogP contribution >= 0.6 is 0 Å². The molecule has 0 bridgehead atoms. The monoisotopic (exact) mass is 258 g/mol. The van der Waals surface area contributed by atoms with Gasteiger partial charge in [0.25, 0.3) is 5.91 Å². The van der Waals surface area contributed by atoms with Gasteiger partial charge in [-0.15, -0.1) is 0 Å². The number of hydrogen-bond donors (Lipinski definition) is 1. The van der Waals surface area contributed by atoms with Crippen molar-refractivity contribution >= 4 is 15.7 Å². The van der Waals surface area contributed by atoms with Crippen molar-refractivity contribution in [3.63, 3.8) is 0 Å². The molecule has 1 amide bonds. The fraction of sp³-hybridized carbons (Fsp3) is 0.400. The number of carbonyl (C=O) groups is 1. The lowest BCUT2D eigenvalue weighted by Crippen LogP contribution is -2.36. The van der Waals surface area contributed by atoms with E-state index in [2.05, 4.69) is 10.3 Å². The Kier molecular flexibility index (Phi) is 3.10. The minimum Gasteiger partial charge on any atom is -0.348 e. The van der Waals surface area contributed by atoms with Gasteiger partial charge in [-0.1, -0.05) is 0 Å². The molecule has 0 aromatic carbocycles. The SMILES string of the molecule is O=C(NC1CCS(=O)(=O)C1)c1ccncc1F. The first-order valence-corrected chi connectivity index (χ1v) is 6.91. The maximum absolute atomic E-state index is 13.2. The molecule has 0 aliphatic carbocycles. The normalized spacial score (nSPS) is 22.3. The highest BCUT2D eigenvalue weighted by Gasteiger charge is 2.29. The van der Waals surface area contributed by atoms with Crippen LogP contribution in [0.15, 0.2) is 18.5 Å². The molecule has 0 radical (unpaired) electrons. The smallest absolute Gasteiger partial charge is 0.254 e. The van der Waals surface area contributed by atoms with Gasteiger partial charge in [-0.25, -0.2) is 12.8 Å². The van der Waals surface area contributed by atoms with Crippen LogP contribution in [0.3, 0.4) is 0 Å². The number of nitrogens with one attached hydrogen (secondary N) is 1. The van der Waals surface area contributed by atoms with Crippen molar-refractivity contribution in [3.8, 4) is 0 Å². The molecular weight excluding hydrogens is 247 g/mol. The molecule has 17 heavy (non-hydrogen) atoms. The zero-order chi connectivity index (χ0) is 12.5. The molecule has 5 nitrogen and oxygen atoms in total. The molecule has 92 valence electrons. The number of pyridine rings is 1. The van der Waals surface area contributed by atoms with E-state index >= 15 is 0 Å². The fourth-order valence-electron chi connectivity index (χ4n) is 1.73. The summed E-state index contributed by atoms with van der Waals surface area (Å²) in [5.74, 6) is -1.33. The number of rotatable bonds is 2. The molecule has 0 saturated carbocycles. The summed E-state index contributed by atoms with van der Waals surface area (Å²) in [6.45, 7) is 0. The van der Waals surface area contributed by atoms with Crippen molar-refractivity contribution in [1.82, 2.24) is 10.3 Å². The molecule has 1 fully saturated rings. The second kappa shape index (κ2) is 4.40. The van der Waals surface area contributed by atoms with Gasteiger partial charge < -0.3 is 5.32 Å². The third-order valence-electron chi connectivity index (χ3n) is 2.58. The minimum absolute atomic E-state index is 0.0662. The van der Waals surface area contributed by atoms with E-state index in [1.807, 2.05) is 0 Å². The van der Waals surface area contributed by atoms with Crippen LogP contribution in [-0.4, -0.2) is 36.9 Å². The summed E-state index contributed by atoms with van der Waals surface area (Å²) >= 11 is 0. The van der Waals surface area contributed by atoms with E-state index in [0.717, 1.165) is 6.20 Å². The molecule has 1 saturated heterocycles. The van der Waals surface area contributed by atoms with Crippen molar-refractivity contribution in [2.45, 2.75) is 12.5 Å². The van der Waals surface area contributed by atoms with Crippen molar-refractivity contribution in [1.29, 1.82) is 0 Å². The van der Waals surface area contributed by atoms with E-state index in [4.69, 9.17) is 0 Å². The summed E-state index contributed by atoms with van der Waals surface area (Å²) in [6.07, 6.45) is 2.63. The minimum atomic E-state index is -3.05.